The Balaban J connectivity index is 2.24. The second-order valence-electron chi connectivity index (χ2n) is 8.72. The molecule has 4 N–H and O–H groups in total. The van der Waals surface area contributed by atoms with Gasteiger partial charge in [-0.25, -0.2) is 0 Å². The van der Waals surface area contributed by atoms with Crippen LogP contribution in [0.25, 0.3) is 0 Å². The lowest BCUT2D eigenvalue weighted by Gasteiger charge is -2.52. The molecule has 164 valence electrons. The Kier molecular flexibility index (Phi) is 8.44. The molecule has 0 aliphatic heterocycles. The molecule has 0 aromatic rings. The van der Waals surface area contributed by atoms with Crippen LogP contribution in [0, 0.1) is 11.8 Å². The van der Waals surface area contributed by atoms with Crippen LogP contribution in [0.3, 0.4) is 0 Å². The van der Waals surface area contributed by atoms with Crippen LogP contribution in [0.1, 0.15) is 51.4 Å². The molecular weight excluding hydrogens is 368 g/mol. The van der Waals surface area contributed by atoms with Crippen LogP contribution >= 0.6 is 0 Å². The number of hydrogen-bond acceptors (Lipinski definition) is 5. The molecule has 0 radical (unpaired) electrons. The minimum Gasteiger partial charge on any atom is -0.389 e. The van der Waals surface area contributed by atoms with Crippen LogP contribution in [0.2, 0.25) is 0 Å². The summed E-state index contributed by atoms with van der Waals surface area (Å²) in [5.41, 5.74) is -1.74. The van der Waals surface area contributed by atoms with Crippen LogP contribution in [0.15, 0.2) is 50.6 Å². The fourth-order valence-electron chi connectivity index (χ4n) is 5.08. The summed E-state index contributed by atoms with van der Waals surface area (Å²) in [7, 11) is 0. The molecule has 5 heteroatoms. The quantitative estimate of drug-likeness (QED) is 0.419. The average molecular weight is 407 g/mol. The number of rotatable bonds is 10. The Labute approximate surface area is 175 Å². The van der Waals surface area contributed by atoms with Crippen molar-refractivity contribution in [2.24, 2.45) is 11.8 Å². The number of aliphatic hydroxyl groups is 4. The van der Waals surface area contributed by atoms with Crippen LogP contribution < -0.4 is 0 Å². The first-order valence-corrected chi connectivity index (χ1v) is 10.7. The fourth-order valence-corrected chi connectivity index (χ4v) is 5.08. The number of ether oxygens (including phenoxy) is 1. The first-order valence-electron chi connectivity index (χ1n) is 10.7. The van der Waals surface area contributed by atoms with Gasteiger partial charge in [-0.15, -0.1) is 26.3 Å². The SMILES string of the molecule is C=CC(O)C1CCC(OC2(C(O)C=C)CCC(C(O)C=C)CC2)(C(O)C=C)CC1. The minimum absolute atomic E-state index is 0.0833. The molecule has 5 nitrogen and oxygen atoms in total. The zero-order chi connectivity index (χ0) is 21.7. The van der Waals surface area contributed by atoms with E-state index in [1.807, 2.05) is 0 Å². The highest BCUT2D eigenvalue weighted by atomic mass is 16.5. The van der Waals surface area contributed by atoms with Crippen LogP contribution in [-0.4, -0.2) is 56.0 Å². The van der Waals surface area contributed by atoms with Crippen molar-refractivity contribution in [3.05, 3.63) is 50.6 Å². The smallest absolute Gasteiger partial charge is 0.101 e. The summed E-state index contributed by atoms with van der Waals surface area (Å²) >= 11 is 0. The third kappa shape index (κ3) is 5.09. The van der Waals surface area contributed by atoms with E-state index in [-0.39, 0.29) is 11.8 Å². The topological polar surface area (TPSA) is 90.2 Å². The molecule has 0 amide bonds. The maximum atomic E-state index is 10.8. The lowest BCUT2D eigenvalue weighted by molar-refractivity contribution is -0.246. The van der Waals surface area contributed by atoms with E-state index in [1.165, 1.54) is 12.2 Å². The molecule has 29 heavy (non-hydrogen) atoms. The van der Waals surface area contributed by atoms with E-state index >= 15 is 0 Å². The molecule has 4 atom stereocenters. The summed E-state index contributed by atoms with van der Waals surface area (Å²) in [5.74, 6) is 0.167. The molecule has 0 saturated heterocycles. The Morgan fingerprint density at radius 2 is 0.931 bits per heavy atom. The third-order valence-electron chi connectivity index (χ3n) is 7.13. The fraction of sp³-hybridized carbons (Fsp3) is 0.667. The molecule has 0 bridgehead atoms. The maximum absolute atomic E-state index is 10.8. The standard InChI is InChI=1S/C24H38O5/c1-5-19(25)17-9-13-23(14-10-17,21(27)7-3)29-24(22(28)8-4)15-11-18(12-16-24)20(26)6-2/h5-8,17-22,25-28H,1-4,9-16H2. The Morgan fingerprint density at radius 3 is 1.17 bits per heavy atom. The highest BCUT2D eigenvalue weighted by Crippen LogP contribution is 2.47. The molecule has 0 aromatic carbocycles. The summed E-state index contributed by atoms with van der Waals surface area (Å²) in [5, 5.41) is 41.9. The summed E-state index contributed by atoms with van der Waals surface area (Å²) in [6, 6.07) is 0. The van der Waals surface area contributed by atoms with Crippen molar-refractivity contribution in [1.29, 1.82) is 0 Å². The van der Waals surface area contributed by atoms with Gasteiger partial charge < -0.3 is 25.2 Å². The van der Waals surface area contributed by atoms with Crippen molar-refractivity contribution in [3.63, 3.8) is 0 Å². The third-order valence-corrected chi connectivity index (χ3v) is 7.13. The Morgan fingerprint density at radius 1 is 0.621 bits per heavy atom. The lowest BCUT2D eigenvalue weighted by Crippen LogP contribution is -2.58. The predicted octanol–water partition coefficient (Wildman–Crippen LogP) is 3.05. The number of hydrogen-bond donors (Lipinski definition) is 4. The van der Waals surface area contributed by atoms with Gasteiger partial charge in [0.05, 0.1) is 23.4 Å². The van der Waals surface area contributed by atoms with Crippen LogP contribution in [-0.2, 0) is 4.74 Å². The Bertz CT molecular complexity index is 520. The zero-order valence-corrected chi connectivity index (χ0v) is 17.5. The van der Waals surface area contributed by atoms with Crippen molar-refractivity contribution in [3.8, 4) is 0 Å². The van der Waals surface area contributed by atoms with Crippen molar-refractivity contribution in [1.82, 2.24) is 0 Å². The van der Waals surface area contributed by atoms with Gasteiger partial charge in [0.1, 0.15) is 12.2 Å². The normalized spacial score (nSPS) is 37.0. The van der Waals surface area contributed by atoms with E-state index in [0.29, 0.717) is 51.4 Å². The van der Waals surface area contributed by atoms with Gasteiger partial charge >= 0.3 is 0 Å². The first kappa shape index (κ1) is 24.0. The molecular formula is C24H38O5. The van der Waals surface area contributed by atoms with E-state index in [1.54, 1.807) is 12.2 Å². The van der Waals surface area contributed by atoms with E-state index in [0.717, 1.165) is 0 Å². The van der Waals surface area contributed by atoms with Crippen molar-refractivity contribution < 1.29 is 25.2 Å². The molecule has 0 aromatic heterocycles. The van der Waals surface area contributed by atoms with Crippen molar-refractivity contribution >= 4 is 0 Å². The zero-order valence-electron chi connectivity index (χ0n) is 17.5. The van der Waals surface area contributed by atoms with E-state index in [9.17, 15) is 20.4 Å². The van der Waals surface area contributed by atoms with Crippen LogP contribution in [0.4, 0.5) is 0 Å². The molecule has 0 heterocycles. The second kappa shape index (κ2) is 10.2. The van der Waals surface area contributed by atoms with Crippen molar-refractivity contribution in [2.45, 2.75) is 87.0 Å². The van der Waals surface area contributed by atoms with E-state index < -0.39 is 35.6 Å². The maximum Gasteiger partial charge on any atom is 0.101 e. The minimum atomic E-state index is -0.880. The van der Waals surface area contributed by atoms with Crippen molar-refractivity contribution in [2.75, 3.05) is 0 Å². The highest BCUT2D eigenvalue weighted by molar-refractivity contribution is 5.09. The molecule has 2 aliphatic rings. The molecule has 2 saturated carbocycles. The summed E-state index contributed by atoms with van der Waals surface area (Å²) < 4.78 is 6.68. The Hall–Kier alpha value is -1.24. The average Bonchev–Trinajstić information content (AvgIpc) is 2.77. The first-order chi connectivity index (χ1) is 13.8. The van der Waals surface area contributed by atoms with Gasteiger partial charge in [0.25, 0.3) is 0 Å². The van der Waals surface area contributed by atoms with Gasteiger partial charge in [-0.3, -0.25) is 0 Å². The predicted molar refractivity (Wildman–Crippen MR) is 115 cm³/mol. The lowest BCUT2D eigenvalue weighted by atomic mass is 9.70. The molecule has 2 fully saturated rings. The summed E-state index contributed by atoms with van der Waals surface area (Å²) in [6.45, 7) is 14.9. The monoisotopic (exact) mass is 406 g/mol. The van der Waals surface area contributed by atoms with Gasteiger partial charge in [-0.2, -0.15) is 0 Å². The second-order valence-corrected chi connectivity index (χ2v) is 8.72. The van der Waals surface area contributed by atoms with Gasteiger partial charge in [0, 0.05) is 0 Å². The van der Waals surface area contributed by atoms with Gasteiger partial charge in [0.15, 0.2) is 0 Å². The summed E-state index contributed by atoms with van der Waals surface area (Å²) in [6.07, 6.45) is 8.17. The summed E-state index contributed by atoms with van der Waals surface area (Å²) in [4.78, 5) is 0. The molecule has 2 rings (SSSR count). The molecule has 2 aliphatic carbocycles. The highest BCUT2D eigenvalue weighted by Gasteiger charge is 2.51. The molecule has 4 unspecified atom stereocenters. The van der Waals surface area contributed by atoms with Gasteiger partial charge in [0.2, 0.25) is 0 Å². The largest absolute Gasteiger partial charge is 0.389 e. The van der Waals surface area contributed by atoms with Gasteiger partial charge in [-0.1, -0.05) is 24.3 Å². The van der Waals surface area contributed by atoms with Crippen LogP contribution in [0.5, 0.6) is 0 Å². The van der Waals surface area contributed by atoms with E-state index in [4.69, 9.17) is 4.74 Å². The van der Waals surface area contributed by atoms with Gasteiger partial charge in [-0.05, 0) is 63.2 Å². The van der Waals surface area contributed by atoms with E-state index in [2.05, 4.69) is 26.3 Å². The molecule has 0 spiro atoms. The number of aliphatic hydroxyl groups excluding tert-OH is 4.